The van der Waals surface area contributed by atoms with Crippen molar-refractivity contribution in [3.8, 4) is 0 Å². The minimum Gasteiger partial charge on any atom is -0.338 e. The van der Waals surface area contributed by atoms with Crippen molar-refractivity contribution in [1.82, 2.24) is 19.6 Å². The van der Waals surface area contributed by atoms with E-state index in [1.165, 1.54) is 4.90 Å². The fourth-order valence-electron chi connectivity index (χ4n) is 4.94. The minimum absolute atomic E-state index is 0.252. The van der Waals surface area contributed by atoms with Crippen LogP contribution in [0.25, 0.3) is 0 Å². The fraction of sp³-hybridized carbons (Fsp3) is 0.565. The smallest absolute Gasteiger partial charge is 0.327 e. The van der Waals surface area contributed by atoms with Gasteiger partial charge in [0.25, 0.3) is 5.91 Å². The summed E-state index contributed by atoms with van der Waals surface area (Å²) in [7, 11) is 1.66. The third kappa shape index (κ3) is 4.38. The fourth-order valence-corrected chi connectivity index (χ4v) is 5.12. The van der Waals surface area contributed by atoms with Crippen molar-refractivity contribution < 1.29 is 19.2 Å². The summed E-state index contributed by atoms with van der Waals surface area (Å²) in [6.45, 7) is 3.06. The average molecular weight is 476 g/mol. The summed E-state index contributed by atoms with van der Waals surface area (Å²) in [6, 6.07) is 4.68. The molecule has 33 heavy (non-hydrogen) atoms. The summed E-state index contributed by atoms with van der Waals surface area (Å²) in [6.07, 6.45) is 4.18. The van der Waals surface area contributed by atoms with E-state index in [1.54, 1.807) is 29.0 Å². The van der Waals surface area contributed by atoms with Gasteiger partial charge < -0.3 is 20.0 Å². The summed E-state index contributed by atoms with van der Waals surface area (Å²) in [5, 5.41) is 3.41. The van der Waals surface area contributed by atoms with Gasteiger partial charge in [0.15, 0.2) is 0 Å². The molecule has 0 bridgehead atoms. The lowest BCUT2D eigenvalue weighted by atomic mass is 9.81. The van der Waals surface area contributed by atoms with Crippen molar-refractivity contribution >= 4 is 41.2 Å². The van der Waals surface area contributed by atoms with E-state index < -0.39 is 11.6 Å². The molecule has 3 fully saturated rings. The molecule has 2 saturated heterocycles. The first-order chi connectivity index (χ1) is 15.7. The molecule has 2 heterocycles. The second kappa shape index (κ2) is 9.21. The van der Waals surface area contributed by atoms with Crippen molar-refractivity contribution in [3.63, 3.8) is 0 Å². The van der Waals surface area contributed by atoms with Crippen LogP contribution in [0.15, 0.2) is 18.2 Å². The molecule has 178 valence electrons. The largest absolute Gasteiger partial charge is 0.338 e. The van der Waals surface area contributed by atoms with Gasteiger partial charge in [0.2, 0.25) is 5.91 Å². The number of nitrogens with one attached hydrogen (secondary N) is 1. The molecule has 1 N–H and O–H groups in total. The molecule has 1 aromatic carbocycles. The standard InChI is InChI=1S/C23H30ClN5O4/c1-16-6-7-17(14-18(16)24)25-21(32)28-12-10-27(11-13-28)19(30)15-29-20(31)23(26(2)22(29)33)8-4-3-5-9-23/h6-7,14H,3-5,8-13,15H2,1-2H3,(H,25,32). The van der Waals surface area contributed by atoms with Crippen molar-refractivity contribution in [2.45, 2.75) is 44.6 Å². The lowest BCUT2D eigenvalue weighted by Gasteiger charge is -2.36. The number of imide groups is 1. The van der Waals surface area contributed by atoms with Crippen LogP contribution >= 0.6 is 11.6 Å². The number of piperazine rings is 1. The van der Waals surface area contributed by atoms with Crippen LogP contribution in [0.1, 0.15) is 37.7 Å². The number of anilines is 1. The van der Waals surface area contributed by atoms with Crippen molar-refractivity contribution in [3.05, 3.63) is 28.8 Å². The Bertz CT molecular complexity index is 970. The van der Waals surface area contributed by atoms with E-state index in [4.69, 9.17) is 11.6 Å². The highest BCUT2D eigenvalue weighted by Crippen LogP contribution is 2.39. The summed E-state index contributed by atoms with van der Waals surface area (Å²) in [5.74, 6) is -0.527. The van der Waals surface area contributed by atoms with Gasteiger partial charge in [0.1, 0.15) is 12.1 Å². The average Bonchev–Trinajstić information content (AvgIpc) is 2.98. The third-order valence-corrected chi connectivity index (χ3v) is 7.53. The first-order valence-electron chi connectivity index (χ1n) is 11.4. The van der Waals surface area contributed by atoms with Gasteiger partial charge >= 0.3 is 12.1 Å². The number of rotatable bonds is 3. The summed E-state index contributed by atoms with van der Waals surface area (Å²) < 4.78 is 0. The van der Waals surface area contributed by atoms with Crippen molar-refractivity contribution in [1.29, 1.82) is 0 Å². The summed E-state index contributed by atoms with van der Waals surface area (Å²) >= 11 is 6.12. The first kappa shape index (κ1) is 23.4. The SMILES string of the molecule is Cc1ccc(NC(=O)N2CCN(C(=O)CN3C(=O)N(C)C4(CCCCC4)C3=O)CC2)cc1Cl. The Morgan fingerprint density at radius 3 is 2.30 bits per heavy atom. The quantitative estimate of drug-likeness (QED) is 0.680. The molecule has 0 unspecified atom stereocenters. The number of carbonyl (C=O) groups is 4. The van der Waals surface area contributed by atoms with Crippen LogP contribution in [0.4, 0.5) is 15.3 Å². The number of amides is 6. The lowest BCUT2D eigenvalue weighted by molar-refractivity contribution is -0.141. The Labute approximate surface area is 198 Å². The zero-order valence-electron chi connectivity index (χ0n) is 19.1. The number of nitrogens with zero attached hydrogens (tertiary/aromatic N) is 4. The van der Waals surface area contributed by atoms with E-state index in [2.05, 4.69) is 5.32 Å². The number of halogens is 1. The molecule has 0 radical (unpaired) electrons. The molecule has 0 aromatic heterocycles. The molecule has 1 spiro atoms. The highest BCUT2D eigenvalue weighted by atomic mass is 35.5. The molecular formula is C23H30ClN5O4. The first-order valence-corrected chi connectivity index (χ1v) is 11.8. The number of hydrogen-bond acceptors (Lipinski definition) is 4. The Hall–Kier alpha value is -2.81. The van der Waals surface area contributed by atoms with Crippen LogP contribution in [0.3, 0.4) is 0 Å². The van der Waals surface area contributed by atoms with Crippen molar-refractivity contribution in [2.75, 3.05) is 45.1 Å². The Morgan fingerprint density at radius 1 is 1.03 bits per heavy atom. The van der Waals surface area contributed by atoms with E-state index in [1.807, 2.05) is 13.0 Å². The third-order valence-electron chi connectivity index (χ3n) is 7.12. The van der Waals surface area contributed by atoms with Crippen LogP contribution in [0.2, 0.25) is 5.02 Å². The zero-order valence-corrected chi connectivity index (χ0v) is 19.9. The summed E-state index contributed by atoms with van der Waals surface area (Å²) in [4.78, 5) is 57.2. The van der Waals surface area contributed by atoms with E-state index in [0.29, 0.717) is 49.7 Å². The molecule has 3 aliphatic rings. The van der Waals surface area contributed by atoms with Crippen LogP contribution < -0.4 is 5.32 Å². The van der Waals surface area contributed by atoms with E-state index >= 15 is 0 Å². The van der Waals surface area contributed by atoms with Crippen LogP contribution in [-0.4, -0.2) is 88.8 Å². The molecule has 1 saturated carbocycles. The van der Waals surface area contributed by atoms with Gasteiger partial charge in [0, 0.05) is 43.9 Å². The topological polar surface area (TPSA) is 93.3 Å². The van der Waals surface area contributed by atoms with Gasteiger partial charge in [-0.05, 0) is 37.5 Å². The Kier molecular flexibility index (Phi) is 6.52. The van der Waals surface area contributed by atoms with Gasteiger partial charge in [0.05, 0.1) is 0 Å². The predicted molar refractivity (Wildman–Crippen MR) is 124 cm³/mol. The van der Waals surface area contributed by atoms with Gasteiger partial charge in [-0.1, -0.05) is 36.9 Å². The summed E-state index contributed by atoms with van der Waals surface area (Å²) in [5.41, 5.74) is 0.754. The van der Waals surface area contributed by atoms with Gasteiger partial charge in [-0.3, -0.25) is 14.5 Å². The van der Waals surface area contributed by atoms with Crippen molar-refractivity contribution in [2.24, 2.45) is 0 Å². The van der Waals surface area contributed by atoms with E-state index in [9.17, 15) is 19.2 Å². The normalized spacial score (nSPS) is 20.6. The Balaban J connectivity index is 1.31. The number of benzene rings is 1. The van der Waals surface area contributed by atoms with Gasteiger partial charge in [-0.15, -0.1) is 0 Å². The molecular weight excluding hydrogens is 446 g/mol. The molecule has 0 atom stereocenters. The second-order valence-corrected chi connectivity index (χ2v) is 9.49. The maximum absolute atomic E-state index is 13.1. The van der Waals surface area contributed by atoms with Gasteiger partial charge in [-0.25, -0.2) is 9.59 Å². The minimum atomic E-state index is -0.786. The molecule has 9 nitrogen and oxygen atoms in total. The predicted octanol–water partition coefficient (Wildman–Crippen LogP) is 2.92. The Morgan fingerprint density at radius 2 is 1.67 bits per heavy atom. The zero-order chi connectivity index (χ0) is 23.8. The van der Waals surface area contributed by atoms with Crippen LogP contribution in [0.5, 0.6) is 0 Å². The van der Waals surface area contributed by atoms with E-state index in [0.717, 1.165) is 29.7 Å². The van der Waals surface area contributed by atoms with E-state index in [-0.39, 0.29) is 24.4 Å². The monoisotopic (exact) mass is 475 g/mol. The molecule has 4 rings (SSSR count). The lowest BCUT2D eigenvalue weighted by Crippen LogP contribution is -2.54. The number of likely N-dealkylation sites (N-methyl/N-ethyl adjacent to an activating group) is 1. The number of aryl methyl sites for hydroxylation is 1. The van der Waals surface area contributed by atoms with Crippen LogP contribution in [-0.2, 0) is 9.59 Å². The number of urea groups is 2. The number of hydrogen-bond donors (Lipinski definition) is 1. The van der Waals surface area contributed by atoms with Crippen LogP contribution in [0, 0.1) is 6.92 Å². The molecule has 6 amide bonds. The molecule has 10 heteroatoms. The molecule has 2 aliphatic heterocycles. The van der Waals surface area contributed by atoms with Gasteiger partial charge in [-0.2, -0.15) is 0 Å². The maximum atomic E-state index is 13.1. The molecule has 1 aromatic rings. The highest BCUT2D eigenvalue weighted by molar-refractivity contribution is 6.31. The second-order valence-electron chi connectivity index (χ2n) is 9.09. The number of carbonyl (C=O) groups excluding carboxylic acids is 4. The molecule has 1 aliphatic carbocycles. The highest BCUT2D eigenvalue weighted by Gasteiger charge is 2.56. The maximum Gasteiger partial charge on any atom is 0.327 e.